The van der Waals surface area contributed by atoms with Crippen LogP contribution in [0.4, 0.5) is 4.39 Å². The molecule has 0 unspecified atom stereocenters. The smallest absolute Gasteiger partial charge is 0.123 e. The lowest BCUT2D eigenvalue weighted by atomic mass is 10.0. The molecule has 0 amide bonds. The van der Waals surface area contributed by atoms with Gasteiger partial charge in [0.2, 0.25) is 0 Å². The molecule has 1 saturated carbocycles. The van der Waals surface area contributed by atoms with Crippen molar-refractivity contribution in [2.45, 2.75) is 25.8 Å². The van der Waals surface area contributed by atoms with Gasteiger partial charge in [0.25, 0.3) is 0 Å². The number of benzene rings is 1. The molecule has 0 bridgehead atoms. The molecular formula is C13H17ClFN. The lowest BCUT2D eigenvalue weighted by molar-refractivity contribution is 0.445. The van der Waals surface area contributed by atoms with Crippen LogP contribution in [-0.4, -0.2) is 12.4 Å². The Morgan fingerprint density at radius 1 is 1.38 bits per heavy atom. The highest BCUT2D eigenvalue weighted by Crippen LogP contribution is 2.48. The predicted molar refractivity (Wildman–Crippen MR) is 65.1 cm³/mol. The Hall–Kier alpha value is -0.600. The van der Waals surface area contributed by atoms with Crippen LogP contribution in [-0.2, 0) is 6.54 Å². The molecule has 1 fully saturated rings. The maximum Gasteiger partial charge on any atom is 0.123 e. The number of hydrogen-bond acceptors (Lipinski definition) is 1. The molecule has 0 saturated heterocycles. The van der Waals surface area contributed by atoms with E-state index < -0.39 is 0 Å². The molecule has 1 aliphatic carbocycles. The summed E-state index contributed by atoms with van der Waals surface area (Å²) in [6.07, 6.45) is 3.64. The zero-order chi connectivity index (χ0) is 11.4. The maximum atomic E-state index is 12.9. The van der Waals surface area contributed by atoms with E-state index >= 15 is 0 Å². The zero-order valence-corrected chi connectivity index (χ0v) is 10.1. The minimum atomic E-state index is -0.166. The molecule has 1 aromatic rings. The highest BCUT2D eigenvalue weighted by atomic mass is 35.5. The highest BCUT2D eigenvalue weighted by molar-refractivity contribution is 6.17. The normalized spacial score (nSPS) is 17.4. The van der Waals surface area contributed by atoms with Gasteiger partial charge in [0.05, 0.1) is 0 Å². The molecule has 0 radical (unpaired) electrons. The Bertz CT molecular complexity index is 350. The van der Waals surface area contributed by atoms with Crippen LogP contribution in [0.15, 0.2) is 24.3 Å². The predicted octanol–water partition coefficient (Wildman–Crippen LogP) is 3.32. The number of nitrogens with one attached hydrogen (secondary N) is 1. The van der Waals surface area contributed by atoms with E-state index in [-0.39, 0.29) is 5.82 Å². The molecular weight excluding hydrogens is 225 g/mol. The van der Waals surface area contributed by atoms with E-state index in [4.69, 9.17) is 11.6 Å². The Labute approximate surface area is 101 Å². The molecule has 0 atom stereocenters. The van der Waals surface area contributed by atoms with E-state index in [1.165, 1.54) is 18.9 Å². The van der Waals surface area contributed by atoms with Crippen molar-refractivity contribution in [2.75, 3.05) is 12.4 Å². The van der Waals surface area contributed by atoms with E-state index in [0.717, 1.165) is 31.0 Å². The summed E-state index contributed by atoms with van der Waals surface area (Å²) in [6, 6.07) is 6.74. The molecule has 1 N–H and O–H groups in total. The van der Waals surface area contributed by atoms with Crippen molar-refractivity contribution in [2.24, 2.45) is 5.41 Å². The van der Waals surface area contributed by atoms with Gasteiger partial charge in [-0.25, -0.2) is 4.39 Å². The first-order valence-corrected chi connectivity index (χ1v) is 6.29. The lowest BCUT2D eigenvalue weighted by Crippen LogP contribution is -2.24. The summed E-state index contributed by atoms with van der Waals surface area (Å²) < 4.78 is 12.9. The lowest BCUT2D eigenvalue weighted by Gasteiger charge is -2.14. The van der Waals surface area contributed by atoms with Crippen LogP contribution in [0.3, 0.4) is 0 Å². The standard InChI is InChI=1S/C13H17ClFN/c14-7-6-13(4-5-13)10-16-9-11-2-1-3-12(15)8-11/h1-3,8,16H,4-7,9-10H2. The number of alkyl halides is 1. The Morgan fingerprint density at radius 2 is 2.19 bits per heavy atom. The average molecular weight is 242 g/mol. The third-order valence-corrected chi connectivity index (χ3v) is 3.49. The maximum absolute atomic E-state index is 12.9. The molecule has 1 aliphatic rings. The molecule has 16 heavy (non-hydrogen) atoms. The van der Waals surface area contributed by atoms with Gasteiger partial charge in [0.1, 0.15) is 5.82 Å². The second-order valence-electron chi connectivity index (χ2n) is 4.67. The van der Waals surface area contributed by atoms with Gasteiger partial charge in [-0.05, 0) is 42.4 Å². The summed E-state index contributed by atoms with van der Waals surface area (Å²) in [5, 5.41) is 3.39. The zero-order valence-electron chi connectivity index (χ0n) is 9.31. The van der Waals surface area contributed by atoms with Crippen LogP contribution >= 0.6 is 11.6 Å². The third-order valence-electron chi connectivity index (χ3n) is 3.30. The Morgan fingerprint density at radius 3 is 2.81 bits per heavy atom. The van der Waals surface area contributed by atoms with Crippen LogP contribution in [0.2, 0.25) is 0 Å². The van der Waals surface area contributed by atoms with Crippen molar-refractivity contribution >= 4 is 11.6 Å². The quantitative estimate of drug-likeness (QED) is 0.754. The van der Waals surface area contributed by atoms with E-state index in [1.54, 1.807) is 12.1 Å². The first kappa shape index (κ1) is 11.9. The minimum absolute atomic E-state index is 0.166. The number of hydrogen-bond donors (Lipinski definition) is 1. The van der Waals surface area contributed by atoms with Gasteiger partial charge in [-0.1, -0.05) is 12.1 Å². The third kappa shape index (κ3) is 3.19. The van der Waals surface area contributed by atoms with E-state index in [1.807, 2.05) is 6.07 Å². The fourth-order valence-electron chi connectivity index (χ4n) is 2.01. The SMILES string of the molecule is Fc1cccc(CNCC2(CCCl)CC2)c1. The molecule has 0 aromatic heterocycles. The molecule has 2 rings (SSSR count). The monoisotopic (exact) mass is 241 g/mol. The fourth-order valence-corrected chi connectivity index (χ4v) is 2.41. The molecule has 3 heteroatoms. The topological polar surface area (TPSA) is 12.0 Å². The molecule has 88 valence electrons. The van der Waals surface area contributed by atoms with Gasteiger partial charge in [0.15, 0.2) is 0 Å². The van der Waals surface area contributed by atoms with Gasteiger partial charge in [-0.3, -0.25) is 0 Å². The molecule has 1 nitrogen and oxygen atoms in total. The van der Waals surface area contributed by atoms with Crippen LogP contribution in [0.1, 0.15) is 24.8 Å². The minimum Gasteiger partial charge on any atom is -0.312 e. The van der Waals surface area contributed by atoms with Crippen LogP contribution < -0.4 is 5.32 Å². The second-order valence-corrected chi connectivity index (χ2v) is 5.05. The summed E-state index contributed by atoms with van der Waals surface area (Å²) in [7, 11) is 0. The largest absolute Gasteiger partial charge is 0.312 e. The van der Waals surface area contributed by atoms with Gasteiger partial charge in [-0.2, -0.15) is 0 Å². The van der Waals surface area contributed by atoms with Gasteiger partial charge in [0, 0.05) is 19.0 Å². The van der Waals surface area contributed by atoms with Crippen LogP contribution in [0.5, 0.6) is 0 Å². The average Bonchev–Trinajstić information content (AvgIpc) is 2.99. The number of rotatable bonds is 6. The molecule has 0 aliphatic heterocycles. The van der Waals surface area contributed by atoms with Gasteiger partial charge in [-0.15, -0.1) is 11.6 Å². The van der Waals surface area contributed by atoms with Crippen LogP contribution in [0, 0.1) is 11.2 Å². The summed E-state index contributed by atoms with van der Waals surface area (Å²) >= 11 is 5.77. The second kappa shape index (κ2) is 5.15. The van der Waals surface area contributed by atoms with Crippen LogP contribution in [0.25, 0.3) is 0 Å². The Balaban J connectivity index is 1.76. The summed E-state index contributed by atoms with van der Waals surface area (Å²) in [5.41, 5.74) is 1.44. The van der Waals surface area contributed by atoms with Crippen molar-refractivity contribution in [3.05, 3.63) is 35.6 Å². The van der Waals surface area contributed by atoms with Crippen molar-refractivity contribution in [3.8, 4) is 0 Å². The number of halogens is 2. The van der Waals surface area contributed by atoms with E-state index in [9.17, 15) is 4.39 Å². The molecule has 0 spiro atoms. The van der Waals surface area contributed by atoms with E-state index in [0.29, 0.717) is 5.41 Å². The summed E-state index contributed by atoms with van der Waals surface area (Å²) in [4.78, 5) is 0. The van der Waals surface area contributed by atoms with Crippen molar-refractivity contribution < 1.29 is 4.39 Å². The first-order chi connectivity index (χ1) is 7.74. The van der Waals surface area contributed by atoms with Crippen molar-refractivity contribution in [1.82, 2.24) is 5.32 Å². The first-order valence-electron chi connectivity index (χ1n) is 5.75. The molecule has 0 heterocycles. The fraction of sp³-hybridized carbons (Fsp3) is 0.538. The summed E-state index contributed by atoms with van der Waals surface area (Å²) in [5.74, 6) is 0.572. The van der Waals surface area contributed by atoms with Crippen molar-refractivity contribution in [1.29, 1.82) is 0 Å². The summed E-state index contributed by atoms with van der Waals surface area (Å²) in [6.45, 7) is 1.73. The van der Waals surface area contributed by atoms with Gasteiger partial charge >= 0.3 is 0 Å². The van der Waals surface area contributed by atoms with Crippen molar-refractivity contribution in [3.63, 3.8) is 0 Å². The highest BCUT2D eigenvalue weighted by Gasteiger charge is 2.40. The van der Waals surface area contributed by atoms with Gasteiger partial charge < -0.3 is 5.32 Å². The van der Waals surface area contributed by atoms with E-state index in [2.05, 4.69) is 5.32 Å². The Kier molecular flexibility index (Phi) is 3.82. The molecule has 1 aromatic carbocycles.